The molecule has 1 aromatic heterocycles. The van der Waals surface area contributed by atoms with Crippen LogP contribution in [0.4, 0.5) is 0 Å². The average Bonchev–Trinajstić information content (AvgIpc) is 2.74. The Morgan fingerprint density at radius 2 is 1.86 bits per heavy atom. The van der Waals surface area contributed by atoms with E-state index in [9.17, 15) is 4.79 Å². The predicted molar refractivity (Wildman–Crippen MR) is 111 cm³/mol. The van der Waals surface area contributed by atoms with Crippen molar-refractivity contribution in [3.05, 3.63) is 84.1 Å². The third-order valence-corrected chi connectivity index (χ3v) is 4.16. The number of oxime groups is 1. The van der Waals surface area contributed by atoms with Crippen LogP contribution in [0.15, 0.2) is 78.1 Å². The van der Waals surface area contributed by atoms with E-state index in [2.05, 4.69) is 10.1 Å². The van der Waals surface area contributed by atoms with Crippen molar-refractivity contribution >= 4 is 11.7 Å². The van der Waals surface area contributed by atoms with E-state index in [0.717, 1.165) is 22.5 Å². The molecule has 2 aromatic carbocycles. The molecule has 0 spiro atoms. The van der Waals surface area contributed by atoms with Gasteiger partial charge in [0.2, 0.25) is 0 Å². The van der Waals surface area contributed by atoms with Gasteiger partial charge in [-0.25, -0.2) is 0 Å². The van der Waals surface area contributed by atoms with Crippen molar-refractivity contribution in [2.45, 2.75) is 13.3 Å². The second-order valence-electron chi connectivity index (χ2n) is 6.37. The Kier molecular flexibility index (Phi) is 6.95. The molecule has 0 radical (unpaired) electrons. The van der Waals surface area contributed by atoms with Crippen LogP contribution in [0.5, 0.6) is 5.75 Å². The number of nitrogens with zero attached hydrogens (tertiary/aromatic N) is 2. The van der Waals surface area contributed by atoms with E-state index in [0.29, 0.717) is 17.9 Å². The molecule has 0 aliphatic heterocycles. The molecule has 0 aliphatic rings. The SMILES string of the molecule is CC(=NOCCOc1cccc(CC(=O)O)c1)c1ccc(-c2ccccn2)cc1. The standard InChI is InChI=1S/C23H22N2O4/c1-17(19-8-10-20(11-9-19)22-7-2-3-12-24-22)25-29-14-13-28-21-6-4-5-18(15-21)16-23(26)27/h2-12,15H,13-14,16H2,1H3,(H,26,27). The molecule has 6 heteroatoms. The summed E-state index contributed by atoms with van der Waals surface area (Å²) in [7, 11) is 0. The molecule has 148 valence electrons. The molecule has 3 aromatic rings. The highest BCUT2D eigenvalue weighted by Gasteiger charge is 2.03. The van der Waals surface area contributed by atoms with E-state index in [1.807, 2.05) is 49.4 Å². The summed E-state index contributed by atoms with van der Waals surface area (Å²) in [5.74, 6) is -0.262. The van der Waals surface area contributed by atoms with Crippen molar-refractivity contribution in [2.24, 2.45) is 5.16 Å². The van der Waals surface area contributed by atoms with Gasteiger partial charge in [0.1, 0.15) is 12.4 Å². The summed E-state index contributed by atoms with van der Waals surface area (Å²) in [6.07, 6.45) is 1.74. The van der Waals surface area contributed by atoms with Crippen LogP contribution in [0.2, 0.25) is 0 Å². The topological polar surface area (TPSA) is 81.0 Å². The van der Waals surface area contributed by atoms with Crippen molar-refractivity contribution in [3.63, 3.8) is 0 Å². The Morgan fingerprint density at radius 1 is 1.03 bits per heavy atom. The van der Waals surface area contributed by atoms with Crippen LogP contribution in [-0.4, -0.2) is 35.0 Å². The second-order valence-corrected chi connectivity index (χ2v) is 6.37. The first-order chi connectivity index (χ1) is 14.1. The Labute approximate surface area is 169 Å². The van der Waals surface area contributed by atoms with Crippen LogP contribution in [-0.2, 0) is 16.1 Å². The molecule has 1 N–H and O–H groups in total. The molecule has 0 unspecified atom stereocenters. The molecular weight excluding hydrogens is 368 g/mol. The molecule has 0 atom stereocenters. The summed E-state index contributed by atoms with van der Waals surface area (Å²) in [5, 5.41) is 13.0. The predicted octanol–water partition coefficient (Wildman–Crippen LogP) is 4.20. The van der Waals surface area contributed by atoms with Crippen molar-refractivity contribution in [1.82, 2.24) is 4.98 Å². The lowest BCUT2D eigenvalue weighted by Gasteiger charge is -2.07. The van der Waals surface area contributed by atoms with Gasteiger partial charge in [-0.2, -0.15) is 0 Å². The van der Waals surface area contributed by atoms with Crippen LogP contribution < -0.4 is 4.74 Å². The van der Waals surface area contributed by atoms with Gasteiger partial charge >= 0.3 is 5.97 Å². The molecule has 0 saturated carbocycles. The fourth-order valence-electron chi connectivity index (χ4n) is 2.73. The van der Waals surface area contributed by atoms with Gasteiger partial charge in [0.15, 0.2) is 6.61 Å². The van der Waals surface area contributed by atoms with Crippen LogP contribution in [0, 0.1) is 0 Å². The smallest absolute Gasteiger partial charge is 0.307 e. The summed E-state index contributed by atoms with van der Waals surface area (Å²) in [6.45, 7) is 2.48. The van der Waals surface area contributed by atoms with Gasteiger partial charge in [0.25, 0.3) is 0 Å². The molecule has 1 heterocycles. The minimum absolute atomic E-state index is 0.0314. The van der Waals surface area contributed by atoms with Gasteiger partial charge in [-0.1, -0.05) is 47.6 Å². The van der Waals surface area contributed by atoms with E-state index < -0.39 is 5.97 Å². The van der Waals surface area contributed by atoms with E-state index in [1.165, 1.54) is 0 Å². The molecule has 29 heavy (non-hydrogen) atoms. The first-order valence-electron chi connectivity index (χ1n) is 9.24. The van der Waals surface area contributed by atoms with Crippen molar-refractivity contribution < 1.29 is 19.5 Å². The first kappa shape index (κ1) is 20.1. The third kappa shape index (κ3) is 6.17. The third-order valence-electron chi connectivity index (χ3n) is 4.16. The Balaban J connectivity index is 1.47. The lowest BCUT2D eigenvalue weighted by Crippen LogP contribution is -2.06. The monoisotopic (exact) mass is 390 g/mol. The summed E-state index contributed by atoms with van der Waals surface area (Å²) >= 11 is 0. The molecule has 0 saturated heterocycles. The number of aliphatic carboxylic acids is 1. The quantitative estimate of drug-likeness (QED) is 0.336. The minimum atomic E-state index is -0.872. The number of ether oxygens (including phenoxy) is 1. The Bertz CT molecular complexity index is 970. The summed E-state index contributed by atoms with van der Waals surface area (Å²) in [4.78, 5) is 20.5. The second kappa shape index (κ2) is 10.0. The Morgan fingerprint density at radius 3 is 2.59 bits per heavy atom. The average molecular weight is 390 g/mol. The Hall–Kier alpha value is -3.67. The fourth-order valence-corrected chi connectivity index (χ4v) is 2.73. The first-order valence-corrected chi connectivity index (χ1v) is 9.24. The zero-order valence-electron chi connectivity index (χ0n) is 16.1. The summed E-state index contributed by atoms with van der Waals surface area (Å²) in [6, 6.07) is 20.8. The zero-order chi connectivity index (χ0) is 20.5. The van der Waals surface area contributed by atoms with Gasteiger partial charge in [-0.15, -0.1) is 0 Å². The number of rotatable bonds is 9. The highest BCUT2D eigenvalue weighted by atomic mass is 16.6. The number of hydrogen-bond acceptors (Lipinski definition) is 5. The largest absolute Gasteiger partial charge is 0.490 e. The van der Waals surface area contributed by atoms with Crippen molar-refractivity contribution in [1.29, 1.82) is 0 Å². The van der Waals surface area contributed by atoms with E-state index >= 15 is 0 Å². The van der Waals surface area contributed by atoms with Crippen LogP contribution in [0.25, 0.3) is 11.3 Å². The van der Waals surface area contributed by atoms with E-state index in [-0.39, 0.29) is 13.0 Å². The van der Waals surface area contributed by atoms with Gasteiger partial charge in [-0.3, -0.25) is 9.78 Å². The van der Waals surface area contributed by atoms with Crippen molar-refractivity contribution in [2.75, 3.05) is 13.2 Å². The van der Waals surface area contributed by atoms with Crippen LogP contribution in [0.1, 0.15) is 18.1 Å². The normalized spacial score (nSPS) is 11.1. The lowest BCUT2D eigenvalue weighted by atomic mass is 10.1. The zero-order valence-corrected chi connectivity index (χ0v) is 16.1. The molecule has 6 nitrogen and oxygen atoms in total. The maximum Gasteiger partial charge on any atom is 0.307 e. The molecule has 0 aliphatic carbocycles. The minimum Gasteiger partial charge on any atom is -0.490 e. The van der Waals surface area contributed by atoms with Crippen LogP contribution in [0.3, 0.4) is 0 Å². The fraction of sp³-hybridized carbons (Fsp3) is 0.174. The molecule has 0 fully saturated rings. The van der Waals surface area contributed by atoms with Gasteiger partial charge in [0, 0.05) is 11.8 Å². The van der Waals surface area contributed by atoms with Gasteiger partial charge in [-0.05, 0) is 42.3 Å². The lowest BCUT2D eigenvalue weighted by molar-refractivity contribution is -0.136. The molecule has 0 amide bonds. The number of aromatic nitrogens is 1. The van der Waals surface area contributed by atoms with Crippen molar-refractivity contribution in [3.8, 4) is 17.0 Å². The molecule has 0 bridgehead atoms. The molecule has 3 rings (SSSR count). The number of benzene rings is 2. The highest BCUT2D eigenvalue weighted by molar-refractivity contribution is 5.98. The van der Waals surface area contributed by atoms with Crippen LogP contribution >= 0.6 is 0 Å². The number of carbonyl (C=O) groups is 1. The van der Waals surface area contributed by atoms with Gasteiger partial charge < -0.3 is 14.7 Å². The van der Waals surface area contributed by atoms with E-state index in [1.54, 1.807) is 30.5 Å². The maximum atomic E-state index is 10.8. The number of hydrogen-bond donors (Lipinski definition) is 1. The van der Waals surface area contributed by atoms with Gasteiger partial charge in [0.05, 0.1) is 17.8 Å². The molecular formula is C23H22N2O4. The van der Waals surface area contributed by atoms with E-state index in [4.69, 9.17) is 14.7 Å². The highest BCUT2D eigenvalue weighted by Crippen LogP contribution is 2.17. The number of carboxylic acid groups (broad SMARTS) is 1. The summed E-state index contributed by atoms with van der Waals surface area (Å²) in [5.41, 5.74) is 4.39. The summed E-state index contributed by atoms with van der Waals surface area (Å²) < 4.78 is 5.59. The number of pyridine rings is 1. The maximum absolute atomic E-state index is 10.8. The number of carboxylic acids is 1.